The molecule has 3 heterocycles. The number of benzene rings is 2. The van der Waals surface area contributed by atoms with Crippen molar-refractivity contribution >= 4 is 22.8 Å². The van der Waals surface area contributed by atoms with Gasteiger partial charge in [-0.15, -0.1) is 0 Å². The zero-order valence-electron chi connectivity index (χ0n) is 22.1. The summed E-state index contributed by atoms with van der Waals surface area (Å²) in [5.74, 6) is 0.700. The normalized spacial score (nSPS) is 21.4. The van der Waals surface area contributed by atoms with Crippen LogP contribution < -0.4 is 15.4 Å². The highest BCUT2D eigenvalue weighted by Crippen LogP contribution is 2.38. The number of aryl methyl sites for hydroxylation is 1. The van der Waals surface area contributed by atoms with E-state index in [2.05, 4.69) is 43.7 Å². The van der Waals surface area contributed by atoms with E-state index in [0.29, 0.717) is 13.2 Å². The van der Waals surface area contributed by atoms with E-state index >= 15 is 0 Å². The summed E-state index contributed by atoms with van der Waals surface area (Å²) < 4.78 is 5.95. The average molecular weight is 516 g/mol. The van der Waals surface area contributed by atoms with E-state index in [1.54, 1.807) is 19.3 Å². The van der Waals surface area contributed by atoms with Crippen molar-refractivity contribution in [3.05, 3.63) is 66.0 Å². The van der Waals surface area contributed by atoms with E-state index in [9.17, 15) is 9.59 Å². The van der Waals surface area contributed by atoms with Crippen LogP contribution in [0.5, 0.6) is 5.75 Å². The first-order valence-electron chi connectivity index (χ1n) is 13.7. The monoisotopic (exact) mass is 515 g/mol. The van der Waals surface area contributed by atoms with Crippen LogP contribution >= 0.6 is 0 Å². The van der Waals surface area contributed by atoms with Gasteiger partial charge in [0.1, 0.15) is 18.4 Å². The molecule has 0 aliphatic carbocycles. The fraction of sp³-hybridized carbons (Fsp3) is 0.467. The predicted molar refractivity (Wildman–Crippen MR) is 147 cm³/mol. The maximum atomic E-state index is 13.6. The van der Waals surface area contributed by atoms with E-state index < -0.39 is 11.5 Å². The second-order valence-corrected chi connectivity index (χ2v) is 10.6. The maximum absolute atomic E-state index is 13.6. The fourth-order valence-electron chi connectivity index (χ4n) is 5.63. The Morgan fingerprint density at radius 1 is 1.00 bits per heavy atom. The first kappa shape index (κ1) is 26.1. The van der Waals surface area contributed by atoms with Crippen LogP contribution in [0.15, 0.2) is 54.9 Å². The molecule has 2 N–H and O–H groups in total. The first-order valence-corrected chi connectivity index (χ1v) is 13.7. The molecule has 1 atom stereocenters. The molecule has 8 nitrogen and oxygen atoms in total. The number of rotatable bonds is 2. The minimum Gasteiger partial charge on any atom is -0.491 e. The van der Waals surface area contributed by atoms with Gasteiger partial charge < -0.3 is 15.4 Å². The molecular weight excluding hydrogens is 478 g/mol. The number of hydrogen-bond acceptors (Lipinski definition) is 6. The second kappa shape index (κ2) is 11.9. The van der Waals surface area contributed by atoms with Crippen molar-refractivity contribution in [2.75, 3.05) is 26.2 Å². The summed E-state index contributed by atoms with van der Waals surface area (Å²) in [5, 5.41) is 5.93. The summed E-state index contributed by atoms with van der Waals surface area (Å²) in [6.07, 6.45) is 8.65. The van der Waals surface area contributed by atoms with Crippen LogP contribution in [0.1, 0.15) is 50.2 Å². The zero-order valence-corrected chi connectivity index (χ0v) is 22.1. The number of fused-ring (bicyclic) bond motifs is 2. The van der Waals surface area contributed by atoms with Gasteiger partial charge in [-0.2, -0.15) is 0 Å². The lowest BCUT2D eigenvalue weighted by molar-refractivity contribution is -0.138. The molecule has 200 valence electrons. The molecule has 1 spiro atoms. The van der Waals surface area contributed by atoms with Gasteiger partial charge in [-0.05, 0) is 81.4 Å². The van der Waals surface area contributed by atoms with Gasteiger partial charge in [-0.3, -0.25) is 24.5 Å². The first-order chi connectivity index (χ1) is 18.5. The van der Waals surface area contributed by atoms with Crippen LogP contribution in [0.4, 0.5) is 0 Å². The minimum absolute atomic E-state index is 0.00676. The molecule has 0 bridgehead atoms. The average Bonchev–Trinajstić information content (AvgIpc) is 2.94. The molecule has 0 radical (unpaired) electrons. The number of amides is 2. The molecule has 2 amide bonds. The lowest BCUT2D eigenvalue weighted by Crippen LogP contribution is -2.53. The third-order valence-electron chi connectivity index (χ3n) is 7.96. The number of piperidine rings is 1. The van der Waals surface area contributed by atoms with Crippen molar-refractivity contribution in [2.24, 2.45) is 5.41 Å². The third kappa shape index (κ3) is 6.13. The molecule has 2 aliphatic rings. The van der Waals surface area contributed by atoms with Crippen LogP contribution in [-0.4, -0.2) is 59.0 Å². The van der Waals surface area contributed by atoms with Gasteiger partial charge in [0.15, 0.2) is 0 Å². The Hall–Kier alpha value is -3.52. The van der Waals surface area contributed by atoms with E-state index in [1.807, 2.05) is 24.3 Å². The number of aromatic nitrogens is 2. The SMILES string of the molecule is C[C@@H]1NC(=O)C2(CCCCc3ccccc3OCCNC1=O)CCN(Cc1ccc3nccnc3c1)CC2. The van der Waals surface area contributed by atoms with Crippen LogP contribution in [0.3, 0.4) is 0 Å². The van der Waals surface area contributed by atoms with Gasteiger partial charge in [0.05, 0.1) is 23.0 Å². The third-order valence-corrected chi connectivity index (χ3v) is 7.96. The smallest absolute Gasteiger partial charge is 0.242 e. The van der Waals surface area contributed by atoms with Gasteiger partial charge in [-0.25, -0.2) is 0 Å². The van der Waals surface area contributed by atoms with Crippen molar-refractivity contribution in [1.82, 2.24) is 25.5 Å². The Kier molecular flexibility index (Phi) is 8.17. The summed E-state index contributed by atoms with van der Waals surface area (Å²) in [6, 6.07) is 13.7. The van der Waals surface area contributed by atoms with Crippen molar-refractivity contribution in [2.45, 2.75) is 58.0 Å². The number of carbonyl (C=O) groups excluding carboxylic acids is 2. The maximum Gasteiger partial charge on any atom is 0.242 e. The highest BCUT2D eigenvalue weighted by molar-refractivity contribution is 5.90. The molecule has 3 aromatic rings. The lowest BCUT2D eigenvalue weighted by atomic mass is 9.73. The molecule has 8 heteroatoms. The molecule has 0 unspecified atom stereocenters. The number of likely N-dealkylation sites (tertiary alicyclic amines) is 1. The van der Waals surface area contributed by atoms with Crippen molar-refractivity contribution in [1.29, 1.82) is 0 Å². The number of nitrogens with zero attached hydrogens (tertiary/aromatic N) is 3. The molecular formula is C30H37N5O3. The molecule has 2 aromatic carbocycles. The lowest BCUT2D eigenvalue weighted by Gasteiger charge is -2.41. The molecule has 2 aliphatic heterocycles. The minimum atomic E-state index is -0.589. The van der Waals surface area contributed by atoms with Crippen molar-refractivity contribution in [3.8, 4) is 5.75 Å². The van der Waals surface area contributed by atoms with E-state index in [-0.39, 0.29) is 11.8 Å². The van der Waals surface area contributed by atoms with Crippen LogP contribution in [0.25, 0.3) is 11.0 Å². The Bertz CT molecular complexity index is 1270. The predicted octanol–water partition coefficient (Wildman–Crippen LogP) is 3.64. The van der Waals surface area contributed by atoms with Gasteiger partial charge in [0, 0.05) is 18.9 Å². The number of hydrogen-bond donors (Lipinski definition) is 2. The van der Waals surface area contributed by atoms with Crippen molar-refractivity contribution < 1.29 is 14.3 Å². The second-order valence-electron chi connectivity index (χ2n) is 10.6. The topological polar surface area (TPSA) is 96.5 Å². The van der Waals surface area contributed by atoms with Crippen molar-refractivity contribution in [3.63, 3.8) is 0 Å². The van der Waals surface area contributed by atoms with Gasteiger partial charge in [-0.1, -0.05) is 30.7 Å². The summed E-state index contributed by atoms with van der Waals surface area (Å²) in [4.78, 5) is 37.5. The summed E-state index contributed by atoms with van der Waals surface area (Å²) in [6.45, 7) is 5.04. The Balaban J connectivity index is 1.27. The van der Waals surface area contributed by atoms with E-state index in [0.717, 1.165) is 74.9 Å². The fourth-order valence-corrected chi connectivity index (χ4v) is 5.63. The number of para-hydroxylation sites is 1. The molecule has 1 fully saturated rings. The number of carbonyl (C=O) groups is 2. The molecule has 1 aromatic heterocycles. The van der Waals surface area contributed by atoms with Crippen LogP contribution in [0.2, 0.25) is 0 Å². The molecule has 38 heavy (non-hydrogen) atoms. The highest BCUT2D eigenvalue weighted by atomic mass is 16.5. The van der Waals surface area contributed by atoms with Gasteiger partial charge in [0.2, 0.25) is 11.8 Å². The van der Waals surface area contributed by atoms with E-state index in [4.69, 9.17) is 4.74 Å². The molecule has 1 saturated heterocycles. The van der Waals surface area contributed by atoms with Gasteiger partial charge in [0.25, 0.3) is 0 Å². The Morgan fingerprint density at radius 2 is 1.79 bits per heavy atom. The Morgan fingerprint density at radius 3 is 2.63 bits per heavy atom. The number of nitrogens with one attached hydrogen (secondary N) is 2. The molecule has 0 saturated carbocycles. The largest absolute Gasteiger partial charge is 0.491 e. The van der Waals surface area contributed by atoms with Crippen LogP contribution in [0, 0.1) is 5.41 Å². The zero-order chi connectivity index (χ0) is 26.4. The van der Waals surface area contributed by atoms with Gasteiger partial charge >= 0.3 is 0 Å². The van der Waals surface area contributed by atoms with E-state index in [1.165, 1.54) is 11.1 Å². The summed E-state index contributed by atoms with van der Waals surface area (Å²) >= 11 is 0. The summed E-state index contributed by atoms with van der Waals surface area (Å²) in [5.41, 5.74) is 3.71. The number of ether oxygens (including phenoxy) is 1. The summed E-state index contributed by atoms with van der Waals surface area (Å²) in [7, 11) is 0. The molecule has 5 rings (SSSR count). The standard InChI is InChI=1S/C30H37N5O3/c1-22-28(36)33-16-19-38-27-8-3-2-6-24(27)7-4-5-11-30(29(37)34-22)12-17-35(18-13-30)21-23-9-10-25-26(20-23)32-15-14-31-25/h2-3,6,8-10,14-15,20,22H,4-5,7,11-13,16-19,21H2,1H3,(H,33,36)(H,34,37)/t22-/m0/s1. The quantitative estimate of drug-likeness (QED) is 0.541. The highest BCUT2D eigenvalue weighted by Gasteiger charge is 2.41. The Labute approximate surface area is 224 Å². The van der Waals surface area contributed by atoms with Crippen LogP contribution in [-0.2, 0) is 22.6 Å².